The highest BCUT2D eigenvalue weighted by Crippen LogP contribution is 2.37. The van der Waals surface area contributed by atoms with Gasteiger partial charge in [-0.15, -0.1) is 0 Å². The molecule has 0 bridgehead atoms. The Morgan fingerprint density at radius 2 is 2.23 bits per heavy atom. The quantitative estimate of drug-likeness (QED) is 0.654. The van der Waals surface area contributed by atoms with E-state index in [-0.39, 0.29) is 18.3 Å². The van der Waals surface area contributed by atoms with Crippen molar-refractivity contribution < 1.29 is 19.4 Å². The number of cyclic esters (lactones) is 1. The highest BCUT2D eigenvalue weighted by Gasteiger charge is 2.52. The van der Waals surface area contributed by atoms with E-state index >= 15 is 0 Å². The highest BCUT2D eigenvalue weighted by molar-refractivity contribution is 5.86. The van der Waals surface area contributed by atoms with Crippen molar-refractivity contribution in [3.8, 4) is 0 Å². The first kappa shape index (κ1) is 10.0. The van der Waals surface area contributed by atoms with Crippen molar-refractivity contribution in [1.29, 1.82) is 0 Å². The van der Waals surface area contributed by atoms with Crippen molar-refractivity contribution in [3.05, 3.63) is 0 Å². The molecule has 1 aliphatic heterocycles. The van der Waals surface area contributed by atoms with Crippen LogP contribution >= 0.6 is 0 Å². The van der Waals surface area contributed by atoms with Crippen LogP contribution in [-0.2, 0) is 14.3 Å². The zero-order valence-corrected chi connectivity index (χ0v) is 8.03. The van der Waals surface area contributed by atoms with Gasteiger partial charge in [0, 0.05) is 5.92 Å². The second-order valence-corrected chi connectivity index (χ2v) is 3.94. The maximum atomic E-state index is 11.0. The number of esters is 1. The highest BCUT2D eigenvalue weighted by atomic mass is 16.6. The van der Waals surface area contributed by atoms with E-state index in [1.54, 1.807) is 0 Å². The normalized spacial score (nSPS) is 33.5. The van der Waals surface area contributed by atoms with E-state index < -0.39 is 17.5 Å². The fraction of sp³-hybridized carbons (Fsp3) is 0.778. The molecule has 0 radical (unpaired) electrons. The monoisotopic (exact) mass is 186 g/mol. The summed E-state index contributed by atoms with van der Waals surface area (Å²) < 4.78 is 4.85. The molecular formula is C9H14O4. The first-order chi connectivity index (χ1) is 5.88. The number of carboxylic acid groups (broad SMARTS) is 1. The van der Waals surface area contributed by atoms with Gasteiger partial charge in [0.05, 0.1) is 6.42 Å². The van der Waals surface area contributed by atoms with Crippen LogP contribution in [-0.4, -0.2) is 22.6 Å². The van der Waals surface area contributed by atoms with Crippen LogP contribution in [0.3, 0.4) is 0 Å². The Morgan fingerprint density at radius 3 is 2.54 bits per heavy atom. The number of hydrogen-bond donors (Lipinski definition) is 1. The lowest BCUT2D eigenvalue weighted by atomic mass is 9.81. The molecule has 4 nitrogen and oxygen atoms in total. The third-order valence-electron chi connectivity index (χ3n) is 2.65. The molecule has 4 heteroatoms. The molecule has 1 heterocycles. The number of rotatable bonds is 2. The zero-order chi connectivity index (χ0) is 10.2. The molecule has 0 saturated carbocycles. The lowest BCUT2D eigenvalue weighted by Gasteiger charge is -2.27. The molecule has 0 aromatic heterocycles. The van der Waals surface area contributed by atoms with Crippen molar-refractivity contribution in [3.63, 3.8) is 0 Å². The molecule has 0 aromatic rings. The Bertz CT molecular complexity index is 246. The molecule has 2 atom stereocenters. The van der Waals surface area contributed by atoms with Crippen molar-refractivity contribution in [2.45, 2.75) is 32.8 Å². The van der Waals surface area contributed by atoms with Crippen LogP contribution in [0.25, 0.3) is 0 Å². The van der Waals surface area contributed by atoms with Gasteiger partial charge in [-0.05, 0) is 12.8 Å². The van der Waals surface area contributed by atoms with Gasteiger partial charge >= 0.3 is 11.9 Å². The number of hydrogen-bond acceptors (Lipinski definition) is 3. The average Bonchev–Trinajstić information content (AvgIpc) is 2.27. The van der Waals surface area contributed by atoms with Crippen LogP contribution in [0.2, 0.25) is 0 Å². The van der Waals surface area contributed by atoms with Gasteiger partial charge in [0.2, 0.25) is 5.60 Å². The predicted molar refractivity (Wildman–Crippen MR) is 45.1 cm³/mol. The Labute approximate surface area is 76.9 Å². The molecule has 0 aromatic carbocycles. The molecule has 1 saturated heterocycles. The lowest BCUT2D eigenvalue weighted by molar-refractivity contribution is -0.171. The first-order valence-electron chi connectivity index (χ1n) is 4.33. The average molecular weight is 186 g/mol. The fourth-order valence-corrected chi connectivity index (χ4v) is 1.80. The van der Waals surface area contributed by atoms with E-state index in [2.05, 4.69) is 0 Å². The molecule has 74 valence electrons. The second kappa shape index (κ2) is 3.01. The summed E-state index contributed by atoms with van der Waals surface area (Å²) in [6.07, 6.45) is 0.209. The number of carbonyl (C=O) groups excluding carboxylic acids is 1. The van der Waals surface area contributed by atoms with Crippen LogP contribution < -0.4 is 0 Å². The lowest BCUT2D eigenvalue weighted by Crippen LogP contribution is -2.42. The largest absolute Gasteiger partial charge is 0.478 e. The van der Waals surface area contributed by atoms with E-state index in [4.69, 9.17) is 9.84 Å². The summed E-state index contributed by atoms with van der Waals surface area (Å²) in [4.78, 5) is 21.9. The van der Waals surface area contributed by atoms with Crippen LogP contribution in [0.1, 0.15) is 27.2 Å². The van der Waals surface area contributed by atoms with Gasteiger partial charge in [-0.3, -0.25) is 4.79 Å². The Hall–Kier alpha value is -1.06. The third-order valence-corrected chi connectivity index (χ3v) is 2.65. The van der Waals surface area contributed by atoms with Gasteiger partial charge < -0.3 is 9.84 Å². The predicted octanol–water partition coefficient (Wildman–Crippen LogP) is 1.05. The molecule has 1 fully saturated rings. The minimum atomic E-state index is -1.33. The molecule has 0 spiro atoms. The molecule has 1 aliphatic rings. The molecular weight excluding hydrogens is 172 g/mol. The molecule has 0 unspecified atom stereocenters. The topological polar surface area (TPSA) is 63.6 Å². The van der Waals surface area contributed by atoms with Crippen molar-refractivity contribution in [2.24, 2.45) is 11.8 Å². The summed E-state index contributed by atoms with van der Waals surface area (Å²) in [6.45, 7) is 5.26. The van der Waals surface area contributed by atoms with Gasteiger partial charge in [0.1, 0.15) is 0 Å². The Morgan fingerprint density at radius 1 is 1.69 bits per heavy atom. The van der Waals surface area contributed by atoms with Gasteiger partial charge in [-0.25, -0.2) is 4.79 Å². The maximum absolute atomic E-state index is 11.0. The van der Waals surface area contributed by atoms with Gasteiger partial charge in [-0.2, -0.15) is 0 Å². The van der Waals surface area contributed by atoms with Crippen LogP contribution in [0.5, 0.6) is 0 Å². The van der Waals surface area contributed by atoms with Gasteiger partial charge in [0.25, 0.3) is 0 Å². The fourth-order valence-electron chi connectivity index (χ4n) is 1.80. The number of carbonyl (C=O) groups is 2. The third kappa shape index (κ3) is 1.53. The number of ether oxygens (including phenoxy) is 1. The summed E-state index contributed by atoms with van der Waals surface area (Å²) in [5.74, 6) is -1.56. The number of carboxylic acids is 1. The SMILES string of the molecule is CC(C)[C@H]1CC(=O)O[C@@]1(C)C(=O)O. The maximum Gasteiger partial charge on any atom is 0.348 e. The molecule has 1 rings (SSSR count). The van der Waals surface area contributed by atoms with E-state index in [1.807, 2.05) is 13.8 Å². The van der Waals surface area contributed by atoms with Gasteiger partial charge in [-0.1, -0.05) is 13.8 Å². The Balaban J connectivity index is 2.95. The molecule has 1 N–H and O–H groups in total. The zero-order valence-electron chi connectivity index (χ0n) is 8.03. The van der Waals surface area contributed by atoms with E-state index in [0.717, 1.165) is 0 Å². The van der Waals surface area contributed by atoms with Crippen molar-refractivity contribution >= 4 is 11.9 Å². The van der Waals surface area contributed by atoms with Crippen LogP contribution in [0.15, 0.2) is 0 Å². The standard InChI is InChI=1S/C9H14O4/c1-5(2)6-4-7(10)13-9(6,3)8(11)12/h5-6H,4H2,1-3H3,(H,11,12)/t6-,9-/m1/s1. The van der Waals surface area contributed by atoms with E-state index in [9.17, 15) is 9.59 Å². The van der Waals surface area contributed by atoms with E-state index in [0.29, 0.717) is 0 Å². The number of aliphatic carboxylic acids is 1. The van der Waals surface area contributed by atoms with Crippen molar-refractivity contribution in [1.82, 2.24) is 0 Å². The smallest absolute Gasteiger partial charge is 0.348 e. The Kier molecular flexibility index (Phi) is 2.32. The minimum absolute atomic E-state index is 0.132. The van der Waals surface area contributed by atoms with Crippen molar-refractivity contribution in [2.75, 3.05) is 0 Å². The van der Waals surface area contributed by atoms with Crippen LogP contribution in [0.4, 0.5) is 0 Å². The molecule has 13 heavy (non-hydrogen) atoms. The summed E-state index contributed by atoms with van der Waals surface area (Å²) in [5, 5.41) is 8.93. The summed E-state index contributed by atoms with van der Waals surface area (Å²) in [6, 6.07) is 0. The molecule has 0 aliphatic carbocycles. The summed E-state index contributed by atoms with van der Waals surface area (Å²) >= 11 is 0. The van der Waals surface area contributed by atoms with Gasteiger partial charge in [0.15, 0.2) is 0 Å². The minimum Gasteiger partial charge on any atom is -0.478 e. The summed E-state index contributed by atoms with van der Waals surface area (Å²) in [5.41, 5.74) is -1.33. The first-order valence-corrected chi connectivity index (χ1v) is 4.33. The summed E-state index contributed by atoms with van der Waals surface area (Å²) in [7, 11) is 0. The van der Waals surface area contributed by atoms with Crippen LogP contribution in [0, 0.1) is 11.8 Å². The van der Waals surface area contributed by atoms with E-state index in [1.165, 1.54) is 6.92 Å². The molecule has 0 amide bonds. The second-order valence-electron chi connectivity index (χ2n) is 3.94.